The third-order valence-electron chi connectivity index (χ3n) is 4.20. The molecule has 0 spiro atoms. The lowest BCUT2D eigenvalue weighted by molar-refractivity contribution is -0.108. The van der Waals surface area contributed by atoms with Crippen molar-refractivity contribution in [3.63, 3.8) is 0 Å². The second kappa shape index (κ2) is 6.77. The Morgan fingerprint density at radius 2 is 1.91 bits per heavy atom. The van der Waals surface area contributed by atoms with Crippen LogP contribution in [0.4, 0.5) is 0 Å². The zero-order valence-corrected chi connectivity index (χ0v) is 14.2. The third-order valence-corrected chi connectivity index (χ3v) is 4.94. The molecule has 3 rings (SSSR count). The minimum atomic E-state index is -0.223. The molecule has 2 nitrogen and oxygen atoms in total. The van der Waals surface area contributed by atoms with Gasteiger partial charge in [-0.25, -0.2) is 0 Å². The molecular formula is C19H16Cl2O2. The van der Waals surface area contributed by atoms with Crippen molar-refractivity contribution in [2.75, 3.05) is 7.11 Å². The zero-order chi connectivity index (χ0) is 16.4. The first-order chi connectivity index (χ1) is 11.1. The molecule has 1 atom stereocenters. The van der Waals surface area contributed by atoms with E-state index in [9.17, 15) is 4.79 Å². The monoisotopic (exact) mass is 346 g/mol. The number of aryl methyl sites for hydroxylation is 1. The van der Waals surface area contributed by atoms with Crippen molar-refractivity contribution < 1.29 is 9.53 Å². The molecule has 0 N–H and O–H groups in total. The Bertz CT molecular complexity index is 781. The SMILES string of the molecule is COc1ccc2c(c1)CCC(=Cc1ccc(Cl)c(Cl)c1)C2C=O. The Morgan fingerprint density at radius 1 is 1.09 bits per heavy atom. The standard InChI is InChI=1S/C19H16Cl2O2/c1-23-15-5-6-16-14(10-15)4-3-13(17(16)11-22)8-12-2-7-18(20)19(21)9-12/h2,5-11,17H,3-4H2,1H3. The molecule has 0 saturated carbocycles. The third kappa shape index (κ3) is 3.29. The van der Waals surface area contributed by atoms with Crippen LogP contribution < -0.4 is 4.74 Å². The normalized spacial score (nSPS) is 18.6. The van der Waals surface area contributed by atoms with Crippen LogP contribution in [-0.2, 0) is 11.2 Å². The molecule has 0 heterocycles. The lowest BCUT2D eigenvalue weighted by Crippen LogP contribution is -2.14. The predicted molar refractivity (Wildman–Crippen MR) is 94.6 cm³/mol. The van der Waals surface area contributed by atoms with Crippen molar-refractivity contribution in [2.24, 2.45) is 0 Å². The van der Waals surface area contributed by atoms with E-state index in [-0.39, 0.29) is 5.92 Å². The van der Waals surface area contributed by atoms with Crippen LogP contribution in [0.5, 0.6) is 5.75 Å². The van der Waals surface area contributed by atoms with E-state index in [0.29, 0.717) is 10.0 Å². The first-order valence-electron chi connectivity index (χ1n) is 7.40. The quantitative estimate of drug-likeness (QED) is 0.703. The van der Waals surface area contributed by atoms with Gasteiger partial charge in [-0.05, 0) is 53.8 Å². The summed E-state index contributed by atoms with van der Waals surface area (Å²) >= 11 is 12.0. The minimum Gasteiger partial charge on any atom is -0.497 e. The molecule has 1 aliphatic rings. The number of hydrogen-bond acceptors (Lipinski definition) is 2. The van der Waals surface area contributed by atoms with Crippen LogP contribution in [0.15, 0.2) is 42.0 Å². The molecular weight excluding hydrogens is 331 g/mol. The molecule has 0 saturated heterocycles. The maximum atomic E-state index is 11.7. The fourth-order valence-corrected chi connectivity index (χ4v) is 3.31. The van der Waals surface area contributed by atoms with Gasteiger partial charge in [-0.1, -0.05) is 47.0 Å². The van der Waals surface area contributed by atoms with Crippen molar-refractivity contribution >= 4 is 35.6 Å². The highest BCUT2D eigenvalue weighted by molar-refractivity contribution is 6.42. The lowest BCUT2D eigenvalue weighted by Gasteiger charge is -2.25. The summed E-state index contributed by atoms with van der Waals surface area (Å²) in [5.41, 5.74) is 4.28. The number of carbonyl (C=O) groups excluding carboxylic acids is 1. The molecule has 2 aromatic carbocycles. The Hall–Kier alpha value is -1.77. The first-order valence-corrected chi connectivity index (χ1v) is 8.15. The molecule has 23 heavy (non-hydrogen) atoms. The van der Waals surface area contributed by atoms with E-state index in [4.69, 9.17) is 27.9 Å². The van der Waals surface area contributed by atoms with E-state index in [1.807, 2.05) is 36.4 Å². The topological polar surface area (TPSA) is 26.3 Å². The smallest absolute Gasteiger partial charge is 0.131 e. The molecule has 0 aliphatic heterocycles. The van der Waals surface area contributed by atoms with Gasteiger partial charge in [0.1, 0.15) is 12.0 Å². The van der Waals surface area contributed by atoms with Crippen LogP contribution in [0, 0.1) is 0 Å². The molecule has 0 radical (unpaired) electrons. The first kappa shape index (κ1) is 16.1. The lowest BCUT2D eigenvalue weighted by atomic mass is 9.79. The van der Waals surface area contributed by atoms with Crippen molar-refractivity contribution in [3.05, 3.63) is 68.7 Å². The van der Waals surface area contributed by atoms with E-state index in [1.165, 1.54) is 5.56 Å². The van der Waals surface area contributed by atoms with Gasteiger partial charge >= 0.3 is 0 Å². The van der Waals surface area contributed by atoms with E-state index >= 15 is 0 Å². The summed E-state index contributed by atoms with van der Waals surface area (Å²) in [7, 11) is 1.65. The highest BCUT2D eigenvalue weighted by atomic mass is 35.5. The molecule has 0 amide bonds. The Balaban J connectivity index is 1.98. The summed E-state index contributed by atoms with van der Waals surface area (Å²) < 4.78 is 5.27. The average Bonchev–Trinajstić information content (AvgIpc) is 2.57. The van der Waals surface area contributed by atoms with Gasteiger partial charge in [0.05, 0.1) is 23.1 Å². The highest BCUT2D eigenvalue weighted by Crippen LogP contribution is 2.37. The molecule has 0 aromatic heterocycles. The van der Waals surface area contributed by atoms with Gasteiger partial charge < -0.3 is 9.53 Å². The Morgan fingerprint density at radius 3 is 2.61 bits per heavy atom. The fourth-order valence-electron chi connectivity index (χ4n) is 3.00. The maximum absolute atomic E-state index is 11.7. The summed E-state index contributed by atoms with van der Waals surface area (Å²) in [5.74, 6) is 0.601. The van der Waals surface area contributed by atoms with Crippen LogP contribution in [0.3, 0.4) is 0 Å². The van der Waals surface area contributed by atoms with Crippen molar-refractivity contribution in [2.45, 2.75) is 18.8 Å². The number of rotatable bonds is 3. The summed E-state index contributed by atoms with van der Waals surface area (Å²) in [6, 6.07) is 11.4. The Kier molecular flexibility index (Phi) is 4.74. The number of hydrogen-bond donors (Lipinski definition) is 0. The van der Waals surface area contributed by atoms with Gasteiger partial charge in [-0.3, -0.25) is 0 Å². The van der Waals surface area contributed by atoms with Gasteiger partial charge in [0, 0.05) is 0 Å². The second-order valence-corrected chi connectivity index (χ2v) is 6.39. The highest BCUT2D eigenvalue weighted by Gasteiger charge is 2.24. The summed E-state index contributed by atoms with van der Waals surface area (Å²) in [6.07, 6.45) is 4.77. The van der Waals surface area contributed by atoms with E-state index in [0.717, 1.165) is 41.6 Å². The predicted octanol–water partition coefficient (Wildman–Crippen LogP) is 5.31. The maximum Gasteiger partial charge on any atom is 0.131 e. The van der Waals surface area contributed by atoms with Gasteiger partial charge in [-0.2, -0.15) is 0 Å². The molecule has 0 fully saturated rings. The van der Waals surface area contributed by atoms with Crippen molar-refractivity contribution in [1.29, 1.82) is 0 Å². The van der Waals surface area contributed by atoms with Crippen LogP contribution in [0.25, 0.3) is 6.08 Å². The number of carbonyl (C=O) groups is 1. The van der Waals surface area contributed by atoms with Gasteiger partial charge in [-0.15, -0.1) is 0 Å². The van der Waals surface area contributed by atoms with Crippen molar-refractivity contribution in [1.82, 2.24) is 0 Å². The Labute approximate surface area is 145 Å². The molecule has 0 bridgehead atoms. The number of methoxy groups -OCH3 is 1. The number of ether oxygens (including phenoxy) is 1. The molecule has 2 aromatic rings. The van der Waals surface area contributed by atoms with Crippen LogP contribution in [-0.4, -0.2) is 13.4 Å². The number of halogens is 2. The van der Waals surface area contributed by atoms with Crippen LogP contribution in [0.1, 0.15) is 29.0 Å². The van der Waals surface area contributed by atoms with Gasteiger partial charge in [0.25, 0.3) is 0 Å². The molecule has 4 heteroatoms. The summed E-state index contributed by atoms with van der Waals surface area (Å²) in [6.45, 7) is 0. The second-order valence-electron chi connectivity index (χ2n) is 5.57. The number of aldehydes is 1. The number of benzene rings is 2. The molecule has 118 valence electrons. The molecule has 1 unspecified atom stereocenters. The summed E-state index contributed by atoms with van der Waals surface area (Å²) in [4.78, 5) is 11.7. The molecule has 1 aliphatic carbocycles. The summed E-state index contributed by atoms with van der Waals surface area (Å²) in [5, 5.41) is 1.05. The van der Waals surface area contributed by atoms with Crippen molar-refractivity contribution in [3.8, 4) is 5.75 Å². The minimum absolute atomic E-state index is 0.223. The fraction of sp³-hybridized carbons (Fsp3) is 0.211. The van der Waals surface area contributed by atoms with E-state index in [2.05, 4.69) is 0 Å². The van der Waals surface area contributed by atoms with Crippen LogP contribution in [0.2, 0.25) is 10.0 Å². The van der Waals surface area contributed by atoms with Gasteiger partial charge in [0.15, 0.2) is 0 Å². The zero-order valence-electron chi connectivity index (χ0n) is 12.7. The largest absolute Gasteiger partial charge is 0.497 e. The van der Waals surface area contributed by atoms with Crippen LogP contribution >= 0.6 is 23.2 Å². The number of fused-ring (bicyclic) bond motifs is 1. The van der Waals surface area contributed by atoms with E-state index in [1.54, 1.807) is 13.2 Å². The average molecular weight is 347 g/mol. The number of allylic oxidation sites excluding steroid dienone is 1. The van der Waals surface area contributed by atoms with Gasteiger partial charge in [0.2, 0.25) is 0 Å². The van der Waals surface area contributed by atoms with E-state index < -0.39 is 0 Å².